The second-order valence-electron chi connectivity index (χ2n) is 5.53. The van der Waals surface area contributed by atoms with Crippen LogP contribution in [0.4, 0.5) is 17.1 Å². The average Bonchev–Trinajstić information content (AvgIpc) is 2.64. The minimum atomic E-state index is -0.366. The van der Waals surface area contributed by atoms with Crippen LogP contribution in [0.1, 0.15) is 21.6 Å². The fraction of sp³-hybridized carbons (Fsp3) is 0.0500. The van der Waals surface area contributed by atoms with E-state index >= 15 is 0 Å². The molecule has 1 amide bonds. The monoisotopic (exact) mass is 328 g/mol. The maximum atomic E-state index is 12.4. The number of aryl methyl sites for hydroxylation is 1. The Hall–Kier alpha value is -3.65. The first-order valence-corrected chi connectivity index (χ1v) is 7.76. The van der Waals surface area contributed by atoms with Crippen LogP contribution in [0, 0.1) is 18.3 Å². The van der Waals surface area contributed by atoms with Crippen molar-refractivity contribution in [3.05, 3.63) is 83.7 Å². The van der Waals surface area contributed by atoms with Gasteiger partial charge in [0.1, 0.15) is 11.8 Å². The van der Waals surface area contributed by atoms with Crippen molar-refractivity contribution in [1.29, 1.82) is 5.26 Å². The fourth-order valence-corrected chi connectivity index (χ4v) is 2.31. The molecule has 2 aromatic carbocycles. The Kier molecular flexibility index (Phi) is 4.72. The summed E-state index contributed by atoms with van der Waals surface area (Å²) in [5, 5.41) is 15.1. The predicted molar refractivity (Wildman–Crippen MR) is 97.8 cm³/mol. The first-order chi connectivity index (χ1) is 12.2. The van der Waals surface area contributed by atoms with Gasteiger partial charge in [-0.1, -0.05) is 29.8 Å². The molecule has 0 unspecified atom stereocenters. The first kappa shape index (κ1) is 16.2. The number of carbonyl (C=O) groups is 1. The molecule has 1 heterocycles. The number of hydrogen-bond donors (Lipinski definition) is 2. The number of aromatic nitrogens is 1. The number of nitrogens with zero attached hydrogens (tertiary/aromatic N) is 2. The third-order valence-corrected chi connectivity index (χ3v) is 3.63. The molecule has 2 N–H and O–H groups in total. The lowest BCUT2D eigenvalue weighted by Gasteiger charge is -2.09. The highest BCUT2D eigenvalue weighted by Crippen LogP contribution is 2.19. The SMILES string of the molecule is Cc1ccc(Nc2ccnc(C(=O)Nc3ccccc3C#N)c2)cc1. The van der Waals surface area contributed by atoms with E-state index in [1.54, 1.807) is 42.6 Å². The van der Waals surface area contributed by atoms with E-state index in [0.29, 0.717) is 11.3 Å². The maximum absolute atomic E-state index is 12.4. The summed E-state index contributed by atoms with van der Waals surface area (Å²) in [4.78, 5) is 16.5. The van der Waals surface area contributed by atoms with Gasteiger partial charge >= 0.3 is 0 Å². The van der Waals surface area contributed by atoms with Crippen LogP contribution in [0.3, 0.4) is 0 Å². The molecule has 0 radical (unpaired) electrons. The number of rotatable bonds is 4. The van der Waals surface area contributed by atoms with Gasteiger partial charge < -0.3 is 10.6 Å². The molecule has 122 valence electrons. The molecular weight excluding hydrogens is 312 g/mol. The van der Waals surface area contributed by atoms with Crippen LogP contribution < -0.4 is 10.6 Å². The number of benzene rings is 2. The second-order valence-corrected chi connectivity index (χ2v) is 5.53. The lowest BCUT2D eigenvalue weighted by atomic mass is 10.2. The van der Waals surface area contributed by atoms with Crippen molar-refractivity contribution in [1.82, 2.24) is 4.98 Å². The molecule has 0 aliphatic rings. The van der Waals surface area contributed by atoms with Crippen LogP contribution in [-0.4, -0.2) is 10.9 Å². The van der Waals surface area contributed by atoms with E-state index in [0.717, 1.165) is 11.4 Å². The van der Waals surface area contributed by atoms with Gasteiger partial charge in [-0.3, -0.25) is 9.78 Å². The predicted octanol–water partition coefficient (Wildman–Crippen LogP) is 4.26. The maximum Gasteiger partial charge on any atom is 0.274 e. The van der Waals surface area contributed by atoms with E-state index in [-0.39, 0.29) is 11.6 Å². The van der Waals surface area contributed by atoms with Crippen LogP contribution in [0.25, 0.3) is 0 Å². The summed E-state index contributed by atoms with van der Waals surface area (Å²) in [6.07, 6.45) is 1.57. The molecule has 1 aromatic heterocycles. The smallest absolute Gasteiger partial charge is 0.274 e. The molecule has 0 bridgehead atoms. The van der Waals surface area contributed by atoms with Crippen LogP contribution >= 0.6 is 0 Å². The Morgan fingerprint density at radius 3 is 2.56 bits per heavy atom. The van der Waals surface area contributed by atoms with E-state index in [4.69, 9.17) is 5.26 Å². The first-order valence-electron chi connectivity index (χ1n) is 7.76. The molecule has 5 heteroatoms. The zero-order valence-electron chi connectivity index (χ0n) is 13.7. The summed E-state index contributed by atoms with van der Waals surface area (Å²) in [5.41, 5.74) is 4.01. The molecule has 5 nitrogen and oxygen atoms in total. The number of hydrogen-bond acceptors (Lipinski definition) is 4. The number of nitriles is 1. The van der Waals surface area contributed by atoms with Crippen molar-refractivity contribution in [2.24, 2.45) is 0 Å². The highest BCUT2D eigenvalue weighted by molar-refractivity contribution is 6.04. The van der Waals surface area contributed by atoms with Gasteiger partial charge in [0.25, 0.3) is 5.91 Å². The van der Waals surface area contributed by atoms with Gasteiger partial charge in [0, 0.05) is 17.6 Å². The van der Waals surface area contributed by atoms with Crippen molar-refractivity contribution in [2.45, 2.75) is 6.92 Å². The zero-order valence-corrected chi connectivity index (χ0v) is 13.7. The third-order valence-electron chi connectivity index (χ3n) is 3.63. The highest BCUT2D eigenvalue weighted by Gasteiger charge is 2.11. The molecule has 0 saturated carbocycles. The molecule has 0 saturated heterocycles. The van der Waals surface area contributed by atoms with Crippen molar-refractivity contribution in [2.75, 3.05) is 10.6 Å². The molecule has 3 aromatic rings. The highest BCUT2D eigenvalue weighted by atomic mass is 16.1. The Morgan fingerprint density at radius 2 is 1.80 bits per heavy atom. The van der Waals surface area contributed by atoms with Gasteiger partial charge in [-0.25, -0.2) is 0 Å². The summed E-state index contributed by atoms with van der Waals surface area (Å²) in [6, 6.07) is 20.3. The third kappa shape index (κ3) is 4.01. The van der Waals surface area contributed by atoms with E-state index in [1.165, 1.54) is 5.56 Å². The van der Waals surface area contributed by atoms with Crippen molar-refractivity contribution in [3.63, 3.8) is 0 Å². The van der Waals surface area contributed by atoms with Crippen molar-refractivity contribution in [3.8, 4) is 6.07 Å². The van der Waals surface area contributed by atoms with Crippen LogP contribution in [0.15, 0.2) is 66.9 Å². The molecule has 0 aliphatic heterocycles. The topological polar surface area (TPSA) is 77.8 Å². The minimum absolute atomic E-state index is 0.268. The molecule has 0 spiro atoms. The summed E-state index contributed by atoms with van der Waals surface area (Å²) in [6.45, 7) is 2.03. The average molecular weight is 328 g/mol. The van der Waals surface area contributed by atoms with E-state index in [9.17, 15) is 4.79 Å². The van der Waals surface area contributed by atoms with Crippen molar-refractivity contribution < 1.29 is 4.79 Å². The zero-order chi connectivity index (χ0) is 17.6. The summed E-state index contributed by atoms with van der Waals surface area (Å²) in [7, 11) is 0. The Morgan fingerprint density at radius 1 is 1.04 bits per heavy atom. The molecule has 0 aliphatic carbocycles. The number of carbonyl (C=O) groups excluding carboxylic acids is 1. The fourth-order valence-electron chi connectivity index (χ4n) is 2.31. The van der Waals surface area contributed by atoms with Gasteiger partial charge in [0.05, 0.1) is 11.3 Å². The molecule has 0 fully saturated rings. The van der Waals surface area contributed by atoms with Gasteiger partial charge in [-0.15, -0.1) is 0 Å². The number of nitrogens with one attached hydrogen (secondary N) is 2. The molecule has 3 rings (SSSR count). The standard InChI is InChI=1S/C20H16N4O/c1-14-6-8-16(9-7-14)23-17-10-11-22-19(12-17)20(25)24-18-5-3-2-4-15(18)13-21/h2-12H,1H3,(H,22,23)(H,24,25). The van der Waals surface area contributed by atoms with Gasteiger partial charge in [0.15, 0.2) is 0 Å². The lowest BCUT2D eigenvalue weighted by molar-refractivity contribution is 0.102. The number of amides is 1. The van der Waals surface area contributed by atoms with E-state index in [1.807, 2.05) is 31.2 Å². The van der Waals surface area contributed by atoms with Gasteiger partial charge in [-0.05, 0) is 43.3 Å². The van der Waals surface area contributed by atoms with Crippen LogP contribution in [0.5, 0.6) is 0 Å². The molecule has 0 atom stereocenters. The largest absolute Gasteiger partial charge is 0.355 e. The van der Waals surface area contributed by atoms with Gasteiger partial charge in [0.2, 0.25) is 0 Å². The normalized spacial score (nSPS) is 9.92. The quantitative estimate of drug-likeness (QED) is 0.750. The summed E-state index contributed by atoms with van der Waals surface area (Å²) < 4.78 is 0. The van der Waals surface area contributed by atoms with Crippen molar-refractivity contribution >= 4 is 23.0 Å². The van der Waals surface area contributed by atoms with Crippen LogP contribution in [0.2, 0.25) is 0 Å². The Bertz CT molecular complexity index is 942. The Labute approximate surface area is 146 Å². The van der Waals surface area contributed by atoms with E-state index < -0.39 is 0 Å². The van der Waals surface area contributed by atoms with E-state index in [2.05, 4.69) is 21.7 Å². The molecular formula is C20H16N4O. The molecule has 25 heavy (non-hydrogen) atoms. The number of para-hydroxylation sites is 1. The Balaban J connectivity index is 1.77. The minimum Gasteiger partial charge on any atom is -0.355 e. The second kappa shape index (κ2) is 7.28. The summed E-state index contributed by atoms with van der Waals surface area (Å²) in [5.74, 6) is -0.366. The number of anilines is 3. The van der Waals surface area contributed by atoms with Crippen LogP contribution in [-0.2, 0) is 0 Å². The summed E-state index contributed by atoms with van der Waals surface area (Å²) >= 11 is 0. The van der Waals surface area contributed by atoms with Gasteiger partial charge in [-0.2, -0.15) is 5.26 Å². The number of pyridine rings is 1. The lowest BCUT2D eigenvalue weighted by Crippen LogP contribution is -2.14.